The molecule has 7 heteroatoms. The highest BCUT2D eigenvalue weighted by Gasteiger charge is 2.25. The first-order valence-corrected chi connectivity index (χ1v) is 8.96. The third-order valence-electron chi connectivity index (χ3n) is 4.79. The van der Waals surface area contributed by atoms with Crippen molar-refractivity contribution in [3.63, 3.8) is 0 Å². The number of piperidine rings is 1. The molecule has 1 amide bonds. The van der Waals surface area contributed by atoms with Crippen molar-refractivity contribution in [3.05, 3.63) is 41.3 Å². The summed E-state index contributed by atoms with van der Waals surface area (Å²) in [6, 6.07) is 7.76. The van der Waals surface area contributed by atoms with Gasteiger partial charge in [0.05, 0.1) is 17.8 Å². The van der Waals surface area contributed by atoms with Crippen LogP contribution < -0.4 is 10.2 Å². The van der Waals surface area contributed by atoms with Gasteiger partial charge in [-0.05, 0) is 44.9 Å². The molecule has 136 valence electrons. The zero-order valence-corrected chi connectivity index (χ0v) is 15.3. The van der Waals surface area contributed by atoms with Gasteiger partial charge in [0.25, 0.3) is 0 Å². The molecule has 0 bridgehead atoms. The number of rotatable bonds is 5. The van der Waals surface area contributed by atoms with Crippen LogP contribution in [0, 0.1) is 31.1 Å². The highest BCUT2D eigenvalue weighted by molar-refractivity contribution is 5.78. The van der Waals surface area contributed by atoms with Crippen LogP contribution in [0.25, 0.3) is 0 Å². The van der Waals surface area contributed by atoms with Crippen LogP contribution in [0.2, 0.25) is 0 Å². The highest BCUT2D eigenvalue weighted by atomic mass is 16.1. The fourth-order valence-electron chi connectivity index (χ4n) is 3.34. The monoisotopic (exact) mass is 352 g/mol. The predicted molar refractivity (Wildman–Crippen MR) is 98.6 cm³/mol. The lowest BCUT2D eigenvalue weighted by molar-refractivity contribution is -0.125. The van der Waals surface area contributed by atoms with Gasteiger partial charge in [-0.2, -0.15) is 10.4 Å². The van der Waals surface area contributed by atoms with Crippen LogP contribution in [0.5, 0.6) is 0 Å². The Morgan fingerprint density at radius 2 is 2.12 bits per heavy atom. The van der Waals surface area contributed by atoms with Gasteiger partial charge >= 0.3 is 0 Å². The van der Waals surface area contributed by atoms with Crippen LogP contribution >= 0.6 is 0 Å². The maximum Gasteiger partial charge on any atom is 0.223 e. The summed E-state index contributed by atoms with van der Waals surface area (Å²) in [5, 5.41) is 16.3. The van der Waals surface area contributed by atoms with E-state index in [1.165, 1.54) is 0 Å². The van der Waals surface area contributed by atoms with Gasteiger partial charge in [0.2, 0.25) is 5.91 Å². The van der Waals surface area contributed by atoms with Crippen molar-refractivity contribution >= 4 is 11.7 Å². The van der Waals surface area contributed by atoms with Crippen molar-refractivity contribution in [1.29, 1.82) is 5.26 Å². The molecule has 0 unspecified atom stereocenters. The number of aryl methyl sites for hydroxylation is 2. The Bertz CT molecular complexity index is 796. The van der Waals surface area contributed by atoms with Gasteiger partial charge in [0.15, 0.2) is 0 Å². The molecule has 1 N–H and O–H groups in total. The van der Waals surface area contributed by atoms with Gasteiger partial charge in [0.1, 0.15) is 11.9 Å². The Balaban J connectivity index is 1.44. The fourth-order valence-corrected chi connectivity index (χ4v) is 3.34. The number of carbonyl (C=O) groups excluding carboxylic acids is 1. The minimum atomic E-state index is 0.0464. The van der Waals surface area contributed by atoms with Gasteiger partial charge < -0.3 is 10.2 Å². The topological polar surface area (TPSA) is 86.8 Å². The molecule has 1 fully saturated rings. The Morgan fingerprint density at radius 3 is 2.69 bits per heavy atom. The van der Waals surface area contributed by atoms with E-state index in [2.05, 4.69) is 26.4 Å². The van der Waals surface area contributed by atoms with Gasteiger partial charge in [0, 0.05) is 37.4 Å². The van der Waals surface area contributed by atoms with Crippen LogP contribution in [0.3, 0.4) is 0 Å². The summed E-state index contributed by atoms with van der Waals surface area (Å²) in [7, 11) is 0. The number of aromatic nitrogens is 3. The summed E-state index contributed by atoms with van der Waals surface area (Å²) >= 11 is 0. The van der Waals surface area contributed by atoms with Gasteiger partial charge in [-0.25, -0.2) is 4.98 Å². The molecule has 1 aliphatic rings. The average molecular weight is 352 g/mol. The number of amides is 1. The van der Waals surface area contributed by atoms with Crippen molar-refractivity contribution in [2.24, 2.45) is 5.92 Å². The Morgan fingerprint density at radius 1 is 1.35 bits per heavy atom. The molecule has 7 nitrogen and oxygen atoms in total. The molecular weight excluding hydrogens is 328 g/mol. The second-order valence-corrected chi connectivity index (χ2v) is 6.72. The number of carbonyl (C=O) groups is 1. The third-order valence-corrected chi connectivity index (χ3v) is 4.79. The van der Waals surface area contributed by atoms with E-state index in [1.807, 2.05) is 30.7 Å². The van der Waals surface area contributed by atoms with Crippen molar-refractivity contribution in [3.8, 4) is 6.07 Å². The average Bonchev–Trinajstić information content (AvgIpc) is 2.99. The van der Waals surface area contributed by atoms with E-state index in [1.54, 1.807) is 12.3 Å². The highest BCUT2D eigenvalue weighted by Crippen LogP contribution is 2.22. The second kappa shape index (κ2) is 8.00. The molecule has 0 radical (unpaired) electrons. The van der Waals surface area contributed by atoms with E-state index in [-0.39, 0.29) is 11.8 Å². The molecule has 1 saturated heterocycles. The van der Waals surface area contributed by atoms with E-state index in [9.17, 15) is 4.79 Å². The lowest BCUT2D eigenvalue weighted by Gasteiger charge is -2.32. The number of hydrogen-bond acceptors (Lipinski definition) is 5. The molecular formula is C19H24N6O. The van der Waals surface area contributed by atoms with Gasteiger partial charge in [-0.3, -0.25) is 9.48 Å². The van der Waals surface area contributed by atoms with Crippen LogP contribution in [-0.4, -0.2) is 40.3 Å². The SMILES string of the molecule is Cc1cc(C)n(CCNC(=O)C2CCN(c3ccc(C#N)cn3)CC2)n1. The summed E-state index contributed by atoms with van der Waals surface area (Å²) in [6.07, 6.45) is 3.22. The van der Waals surface area contributed by atoms with E-state index in [4.69, 9.17) is 5.26 Å². The summed E-state index contributed by atoms with van der Waals surface area (Å²) in [4.78, 5) is 18.9. The maximum atomic E-state index is 12.4. The van der Waals surface area contributed by atoms with E-state index in [0.29, 0.717) is 18.7 Å². The Labute approximate surface area is 153 Å². The summed E-state index contributed by atoms with van der Waals surface area (Å²) in [5.74, 6) is 1.04. The molecule has 3 heterocycles. The Hall–Kier alpha value is -2.88. The number of nitrogens with zero attached hydrogens (tertiary/aromatic N) is 5. The number of hydrogen-bond donors (Lipinski definition) is 1. The smallest absolute Gasteiger partial charge is 0.223 e. The lowest BCUT2D eigenvalue weighted by Crippen LogP contribution is -2.41. The molecule has 2 aromatic rings. The van der Waals surface area contributed by atoms with Crippen LogP contribution in [0.4, 0.5) is 5.82 Å². The standard InChI is InChI=1S/C19H24N6O/c1-14-11-15(2)25(23-14)10-7-21-19(26)17-5-8-24(9-6-17)18-4-3-16(12-20)13-22-18/h3-4,11,13,17H,5-10H2,1-2H3,(H,21,26). The molecule has 0 aliphatic carbocycles. The number of nitrogens with one attached hydrogen (secondary N) is 1. The first-order valence-electron chi connectivity index (χ1n) is 8.96. The third kappa shape index (κ3) is 4.20. The summed E-state index contributed by atoms with van der Waals surface area (Å²) < 4.78 is 1.93. The zero-order chi connectivity index (χ0) is 18.5. The summed E-state index contributed by atoms with van der Waals surface area (Å²) in [5.41, 5.74) is 2.67. The van der Waals surface area contributed by atoms with E-state index < -0.39 is 0 Å². The van der Waals surface area contributed by atoms with Gasteiger partial charge in [-0.1, -0.05) is 0 Å². The first-order chi connectivity index (χ1) is 12.6. The molecule has 0 aromatic carbocycles. The zero-order valence-electron chi connectivity index (χ0n) is 15.3. The normalized spacial score (nSPS) is 14.9. The molecule has 2 aromatic heterocycles. The van der Waals surface area contributed by atoms with E-state index >= 15 is 0 Å². The number of nitriles is 1. The molecule has 3 rings (SSSR count). The van der Waals surface area contributed by atoms with Crippen molar-refractivity contribution < 1.29 is 4.79 Å². The minimum absolute atomic E-state index is 0.0464. The van der Waals surface area contributed by atoms with Crippen LogP contribution in [0.1, 0.15) is 29.8 Å². The van der Waals surface area contributed by atoms with E-state index in [0.717, 1.165) is 43.1 Å². The van der Waals surface area contributed by atoms with Gasteiger partial charge in [-0.15, -0.1) is 0 Å². The quantitative estimate of drug-likeness (QED) is 0.887. The molecule has 0 saturated carbocycles. The van der Waals surface area contributed by atoms with Crippen molar-refractivity contribution in [2.45, 2.75) is 33.2 Å². The molecule has 0 atom stereocenters. The number of pyridine rings is 1. The Kier molecular flexibility index (Phi) is 5.52. The molecule has 26 heavy (non-hydrogen) atoms. The lowest BCUT2D eigenvalue weighted by atomic mass is 9.96. The van der Waals surface area contributed by atoms with Crippen molar-refractivity contribution in [1.82, 2.24) is 20.1 Å². The second-order valence-electron chi connectivity index (χ2n) is 6.72. The first kappa shape index (κ1) is 17.9. The van der Waals surface area contributed by atoms with Crippen LogP contribution in [0.15, 0.2) is 24.4 Å². The summed E-state index contributed by atoms with van der Waals surface area (Å²) in [6.45, 7) is 6.88. The van der Waals surface area contributed by atoms with Crippen LogP contribution in [-0.2, 0) is 11.3 Å². The predicted octanol–water partition coefficient (Wildman–Crippen LogP) is 1.80. The number of anilines is 1. The van der Waals surface area contributed by atoms with Crippen molar-refractivity contribution in [2.75, 3.05) is 24.5 Å². The maximum absolute atomic E-state index is 12.4. The molecule has 0 spiro atoms. The minimum Gasteiger partial charge on any atom is -0.357 e. The molecule has 1 aliphatic heterocycles. The largest absolute Gasteiger partial charge is 0.357 e. The fraction of sp³-hybridized carbons (Fsp3) is 0.474.